The molecule has 2 aliphatic rings. The summed E-state index contributed by atoms with van der Waals surface area (Å²) in [6, 6.07) is 3.06. The SMILES string of the molecule is NNC(CCC1CCCO1)Cc1ccn(C2CCCC2)n1. The van der Waals surface area contributed by atoms with Gasteiger partial charge in [-0.3, -0.25) is 16.0 Å². The molecule has 1 saturated heterocycles. The van der Waals surface area contributed by atoms with E-state index in [0.717, 1.165) is 31.6 Å². The lowest BCUT2D eigenvalue weighted by Crippen LogP contribution is -2.37. The first-order valence-corrected chi connectivity index (χ1v) is 8.47. The van der Waals surface area contributed by atoms with E-state index in [1.807, 2.05) is 0 Å². The van der Waals surface area contributed by atoms with E-state index in [9.17, 15) is 0 Å². The molecule has 0 amide bonds. The second-order valence-electron chi connectivity index (χ2n) is 6.51. The molecule has 21 heavy (non-hydrogen) atoms. The standard InChI is InChI=1S/C16H28N4O/c17-18-13(7-8-16-6-3-11-21-16)12-14-9-10-20(19-14)15-4-1-2-5-15/h9-10,13,15-16,18H,1-8,11-12,17H2. The fourth-order valence-corrected chi connectivity index (χ4v) is 3.61. The third-order valence-corrected chi connectivity index (χ3v) is 4.91. The van der Waals surface area contributed by atoms with Crippen LogP contribution in [0.3, 0.4) is 0 Å². The van der Waals surface area contributed by atoms with E-state index >= 15 is 0 Å². The number of ether oxygens (including phenoxy) is 1. The number of rotatable bonds is 7. The Labute approximate surface area is 127 Å². The third kappa shape index (κ3) is 4.05. The summed E-state index contributed by atoms with van der Waals surface area (Å²) in [6.45, 7) is 0.928. The molecule has 1 aromatic rings. The molecule has 2 atom stereocenters. The van der Waals surface area contributed by atoms with Crippen LogP contribution in [0.15, 0.2) is 12.3 Å². The summed E-state index contributed by atoms with van der Waals surface area (Å²) in [5.74, 6) is 5.71. The molecule has 1 aromatic heterocycles. The van der Waals surface area contributed by atoms with E-state index in [1.54, 1.807) is 0 Å². The van der Waals surface area contributed by atoms with E-state index in [1.165, 1.54) is 38.5 Å². The van der Waals surface area contributed by atoms with Crippen LogP contribution in [0, 0.1) is 0 Å². The van der Waals surface area contributed by atoms with E-state index in [2.05, 4.69) is 22.4 Å². The lowest BCUT2D eigenvalue weighted by molar-refractivity contribution is 0.0995. The summed E-state index contributed by atoms with van der Waals surface area (Å²) in [6.07, 6.45) is 13.3. The number of nitrogens with one attached hydrogen (secondary N) is 1. The molecule has 1 aliphatic heterocycles. The Hall–Kier alpha value is -0.910. The van der Waals surface area contributed by atoms with Gasteiger partial charge in [0.15, 0.2) is 0 Å². The molecule has 0 radical (unpaired) electrons. The van der Waals surface area contributed by atoms with Gasteiger partial charge in [0.1, 0.15) is 0 Å². The fraction of sp³-hybridized carbons (Fsp3) is 0.812. The summed E-state index contributed by atoms with van der Waals surface area (Å²) >= 11 is 0. The average Bonchev–Trinajstić information content (AvgIpc) is 3.24. The van der Waals surface area contributed by atoms with Gasteiger partial charge in [-0.1, -0.05) is 12.8 Å². The van der Waals surface area contributed by atoms with Gasteiger partial charge in [-0.2, -0.15) is 5.10 Å². The number of hydrogen-bond acceptors (Lipinski definition) is 4. The molecule has 2 unspecified atom stereocenters. The predicted octanol–water partition coefficient (Wildman–Crippen LogP) is 2.33. The molecule has 0 spiro atoms. The van der Waals surface area contributed by atoms with Gasteiger partial charge >= 0.3 is 0 Å². The van der Waals surface area contributed by atoms with Crippen LogP contribution in [0.5, 0.6) is 0 Å². The number of nitrogens with zero attached hydrogens (tertiary/aromatic N) is 2. The topological polar surface area (TPSA) is 65.1 Å². The summed E-state index contributed by atoms with van der Waals surface area (Å²) in [7, 11) is 0. The monoisotopic (exact) mass is 292 g/mol. The molecular weight excluding hydrogens is 264 g/mol. The molecule has 0 bridgehead atoms. The van der Waals surface area contributed by atoms with Crippen LogP contribution in [0.25, 0.3) is 0 Å². The minimum Gasteiger partial charge on any atom is -0.378 e. The van der Waals surface area contributed by atoms with Crippen molar-refractivity contribution >= 4 is 0 Å². The van der Waals surface area contributed by atoms with Crippen molar-refractivity contribution < 1.29 is 4.74 Å². The van der Waals surface area contributed by atoms with E-state index in [4.69, 9.17) is 15.7 Å². The van der Waals surface area contributed by atoms with Crippen molar-refractivity contribution in [2.45, 2.75) is 76.0 Å². The average molecular weight is 292 g/mol. The van der Waals surface area contributed by atoms with Crippen LogP contribution in [-0.2, 0) is 11.2 Å². The van der Waals surface area contributed by atoms with Gasteiger partial charge in [-0.25, -0.2) is 0 Å². The van der Waals surface area contributed by atoms with Gasteiger partial charge in [0.05, 0.1) is 17.8 Å². The van der Waals surface area contributed by atoms with Gasteiger partial charge in [0, 0.05) is 25.3 Å². The Kier molecular flexibility index (Phi) is 5.27. The minimum atomic E-state index is 0.293. The Morgan fingerprint density at radius 2 is 2.19 bits per heavy atom. The normalized spacial score (nSPS) is 24.7. The first kappa shape index (κ1) is 15.0. The number of hydrazine groups is 1. The van der Waals surface area contributed by atoms with Gasteiger partial charge in [-0.15, -0.1) is 0 Å². The highest BCUT2D eigenvalue weighted by atomic mass is 16.5. The van der Waals surface area contributed by atoms with Crippen LogP contribution in [-0.4, -0.2) is 28.5 Å². The largest absolute Gasteiger partial charge is 0.378 e. The van der Waals surface area contributed by atoms with Crippen molar-refractivity contribution in [3.05, 3.63) is 18.0 Å². The summed E-state index contributed by atoms with van der Waals surface area (Å²) in [4.78, 5) is 0. The minimum absolute atomic E-state index is 0.293. The predicted molar refractivity (Wildman–Crippen MR) is 82.8 cm³/mol. The van der Waals surface area contributed by atoms with Crippen LogP contribution in [0.2, 0.25) is 0 Å². The van der Waals surface area contributed by atoms with Crippen molar-refractivity contribution in [3.8, 4) is 0 Å². The Bertz CT molecular complexity index is 422. The maximum atomic E-state index is 5.71. The van der Waals surface area contributed by atoms with Gasteiger partial charge in [0.25, 0.3) is 0 Å². The molecule has 2 heterocycles. The maximum Gasteiger partial charge on any atom is 0.0640 e. The Morgan fingerprint density at radius 1 is 1.33 bits per heavy atom. The summed E-state index contributed by atoms with van der Waals surface area (Å²) < 4.78 is 7.84. The number of hydrogen-bond donors (Lipinski definition) is 2. The van der Waals surface area contributed by atoms with Crippen LogP contribution in [0.4, 0.5) is 0 Å². The van der Waals surface area contributed by atoms with Crippen molar-refractivity contribution in [3.63, 3.8) is 0 Å². The van der Waals surface area contributed by atoms with Crippen LogP contribution < -0.4 is 11.3 Å². The molecule has 1 aliphatic carbocycles. The van der Waals surface area contributed by atoms with Crippen molar-refractivity contribution in [1.82, 2.24) is 15.2 Å². The molecule has 3 N–H and O–H groups in total. The molecular formula is C16H28N4O. The fourth-order valence-electron chi connectivity index (χ4n) is 3.61. The van der Waals surface area contributed by atoms with Gasteiger partial charge in [-0.05, 0) is 44.6 Å². The second kappa shape index (κ2) is 7.38. The Balaban J connectivity index is 1.48. The van der Waals surface area contributed by atoms with Crippen molar-refractivity contribution in [2.75, 3.05) is 6.61 Å². The van der Waals surface area contributed by atoms with E-state index in [0.29, 0.717) is 18.2 Å². The zero-order valence-electron chi connectivity index (χ0n) is 12.8. The Morgan fingerprint density at radius 3 is 2.90 bits per heavy atom. The van der Waals surface area contributed by atoms with Crippen molar-refractivity contribution in [1.29, 1.82) is 0 Å². The molecule has 118 valence electrons. The smallest absolute Gasteiger partial charge is 0.0640 e. The summed E-state index contributed by atoms with van der Waals surface area (Å²) in [5, 5.41) is 4.75. The highest BCUT2D eigenvalue weighted by Gasteiger charge is 2.20. The van der Waals surface area contributed by atoms with E-state index < -0.39 is 0 Å². The first-order chi connectivity index (χ1) is 10.3. The third-order valence-electron chi connectivity index (χ3n) is 4.91. The number of aromatic nitrogens is 2. The highest BCUT2D eigenvalue weighted by molar-refractivity contribution is 5.02. The van der Waals surface area contributed by atoms with Crippen molar-refractivity contribution in [2.24, 2.45) is 5.84 Å². The van der Waals surface area contributed by atoms with Gasteiger partial charge < -0.3 is 4.74 Å². The molecule has 1 saturated carbocycles. The lowest BCUT2D eigenvalue weighted by atomic mass is 10.0. The molecule has 2 fully saturated rings. The second-order valence-corrected chi connectivity index (χ2v) is 6.51. The highest BCUT2D eigenvalue weighted by Crippen LogP contribution is 2.28. The quantitative estimate of drug-likeness (QED) is 0.598. The lowest BCUT2D eigenvalue weighted by Gasteiger charge is -2.17. The molecule has 3 rings (SSSR count). The first-order valence-electron chi connectivity index (χ1n) is 8.47. The van der Waals surface area contributed by atoms with Gasteiger partial charge in [0.2, 0.25) is 0 Å². The van der Waals surface area contributed by atoms with Crippen LogP contribution >= 0.6 is 0 Å². The molecule has 5 heteroatoms. The maximum absolute atomic E-state index is 5.71. The van der Waals surface area contributed by atoms with E-state index in [-0.39, 0.29) is 0 Å². The molecule has 0 aromatic carbocycles. The summed E-state index contributed by atoms with van der Waals surface area (Å²) in [5.41, 5.74) is 4.10. The molecule has 5 nitrogen and oxygen atoms in total. The zero-order chi connectivity index (χ0) is 14.5. The zero-order valence-corrected chi connectivity index (χ0v) is 12.8. The van der Waals surface area contributed by atoms with Crippen LogP contribution in [0.1, 0.15) is 63.1 Å². The number of nitrogens with two attached hydrogens (primary N) is 1.